The molecule has 0 aromatic carbocycles. The van der Waals surface area contributed by atoms with Crippen molar-refractivity contribution >= 4 is 17.2 Å². The largest absolute Gasteiger partial charge is 0.485 e. The molecule has 0 fully saturated rings. The molecule has 1 amide bonds. The maximum atomic E-state index is 12.4. The summed E-state index contributed by atoms with van der Waals surface area (Å²) < 4.78 is 12.9. The Morgan fingerprint density at radius 2 is 2.35 bits per heavy atom. The van der Waals surface area contributed by atoms with Crippen LogP contribution >= 0.6 is 11.3 Å². The third kappa shape index (κ3) is 2.49. The lowest BCUT2D eigenvalue weighted by Gasteiger charge is -2.19. The summed E-state index contributed by atoms with van der Waals surface area (Å²) >= 11 is 1.36. The zero-order valence-corrected chi connectivity index (χ0v) is 11.9. The first-order chi connectivity index (χ1) is 9.75. The first kappa shape index (κ1) is 13.0. The first-order valence-corrected chi connectivity index (χ1v) is 7.22. The normalized spacial score (nSPS) is 13.2. The second-order valence-electron chi connectivity index (χ2n) is 4.48. The van der Waals surface area contributed by atoms with Crippen LogP contribution in [-0.2, 0) is 6.54 Å². The number of carbonyl (C=O) groups is 1. The molecule has 0 bridgehead atoms. The molecule has 2 aromatic rings. The van der Waals surface area contributed by atoms with Gasteiger partial charge in [0.2, 0.25) is 0 Å². The smallest absolute Gasteiger partial charge is 0.267 e. The van der Waals surface area contributed by atoms with Gasteiger partial charge < -0.3 is 18.9 Å². The number of aromatic nitrogens is 2. The average Bonchev–Trinajstić information content (AvgIpc) is 3.13. The summed E-state index contributed by atoms with van der Waals surface area (Å²) in [6.45, 7) is 2.35. The minimum Gasteiger partial charge on any atom is -0.485 e. The van der Waals surface area contributed by atoms with Crippen LogP contribution < -0.4 is 9.47 Å². The van der Waals surface area contributed by atoms with Gasteiger partial charge in [-0.3, -0.25) is 4.79 Å². The molecule has 0 radical (unpaired) electrons. The molecule has 1 aliphatic heterocycles. The van der Waals surface area contributed by atoms with Crippen LogP contribution in [0, 0.1) is 0 Å². The third-order valence-corrected chi connectivity index (χ3v) is 4.02. The molecule has 1 aliphatic rings. The number of imidazole rings is 1. The Balaban J connectivity index is 1.67. The lowest BCUT2D eigenvalue weighted by atomic mass is 10.3. The van der Waals surface area contributed by atoms with Gasteiger partial charge in [0.15, 0.2) is 11.5 Å². The van der Waals surface area contributed by atoms with Crippen molar-refractivity contribution in [1.29, 1.82) is 0 Å². The molecule has 0 atom stereocenters. The topological polar surface area (TPSA) is 56.6 Å². The van der Waals surface area contributed by atoms with E-state index in [1.54, 1.807) is 24.5 Å². The average molecular weight is 293 g/mol. The van der Waals surface area contributed by atoms with Gasteiger partial charge >= 0.3 is 0 Å². The van der Waals surface area contributed by atoms with Crippen molar-refractivity contribution in [2.45, 2.75) is 6.54 Å². The highest BCUT2D eigenvalue weighted by atomic mass is 32.1. The highest BCUT2D eigenvalue weighted by Gasteiger charge is 2.25. The molecule has 2 aromatic heterocycles. The standard InChI is InChI=1S/C13H15N3O3S/c1-15(4-5-16-3-2-14-9-16)13(17)12-11-10(8-20-12)18-6-7-19-11/h2-3,8-9H,4-7H2,1H3. The van der Waals surface area contributed by atoms with E-state index in [2.05, 4.69) is 4.98 Å². The zero-order chi connectivity index (χ0) is 13.9. The van der Waals surface area contributed by atoms with Crippen LogP contribution in [0.2, 0.25) is 0 Å². The quantitative estimate of drug-likeness (QED) is 0.857. The third-order valence-electron chi connectivity index (χ3n) is 3.09. The number of ether oxygens (including phenoxy) is 2. The van der Waals surface area contributed by atoms with E-state index < -0.39 is 0 Å². The number of hydrogen-bond acceptors (Lipinski definition) is 5. The molecule has 0 saturated carbocycles. The number of rotatable bonds is 4. The van der Waals surface area contributed by atoms with Crippen molar-refractivity contribution < 1.29 is 14.3 Å². The van der Waals surface area contributed by atoms with Gasteiger partial charge in [0.1, 0.15) is 18.1 Å². The van der Waals surface area contributed by atoms with E-state index in [1.807, 2.05) is 16.1 Å². The van der Waals surface area contributed by atoms with Crippen LogP contribution in [0.1, 0.15) is 9.67 Å². The molecule has 3 rings (SSSR count). The molecular formula is C13H15N3O3S. The van der Waals surface area contributed by atoms with E-state index in [1.165, 1.54) is 11.3 Å². The second kappa shape index (κ2) is 5.54. The molecule has 3 heterocycles. The molecule has 0 N–H and O–H groups in total. The Hall–Kier alpha value is -2.02. The van der Waals surface area contributed by atoms with Gasteiger partial charge in [-0.05, 0) is 0 Å². The van der Waals surface area contributed by atoms with Crippen LogP contribution in [0.25, 0.3) is 0 Å². The van der Waals surface area contributed by atoms with Gasteiger partial charge in [0.05, 0.1) is 6.33 Å². The Labute approximate surface area is 120 Å². The van der Waals surface area contributed by atoms with E-state index in [9.17, 15) is 4.79 Å². The van der Waals surface area contributed by atoms with Crippen LogP contribution in [-0.4, -0.2) is 47.2 Å². The van der Waals surface area contributed by atoms with Crippen LogP contribution in [0.3, 0.4) is 0 Å². The maximum absolute atomic E-state index is 12.4. The molecule has 6 nitrogen and oxygen atoms in total. The Morgan fingerprint density at radius 1 is 1.50 bits per heavy atom. The summed E-state index contributed by atoms with van der Waals surface area (Å²) in [6, 6.07) is 0. The summed E-state index contributed by atoms with van der Waals surface area (Å²) in [5.74, 6) is 1.22. The van der Waals surface area contributed by atoms with Gasteiger partial charge in [0, 0.05) is 37.9 Å². The Bertz CT molecular complexity index is 594. The fourth-order valence-electron chi connectivity index (χ4n) is 1.97. The minimum atomic E-state index is -0.0399. The highest BCUT2D eigenvalue weighted by molar-refractivity contribution is 7.12. The van der Waals surface area contributed by atoms with E-state index in [0.29, 0.717) is 42.7 Å². The fraction of sp³-hybridized carbons (Fsp3) is 0.385. The van der Waals surface area contributed by atoms with Crippen LogP contribution in [0.5, 0.6) is 11.5 Å². The summed E-state index contributed by atoms with van der Waals surface area (Å²) in [4.78, 5) is 18.7. The molecule has 106 valence electrons. The monoisotopic (exact) mass is 293 g/mol. The molecular weight excluding hydrogens is 278 g/mol. The number of likely N-dealkylation sites (N-methyl/N-ethyl adjacent to an activating group) is 1. The van der Waals surface area contributed by atoms with Gasteiger partial charge in [-0.15, -0.1) is 11.3 Å². The van der Waals surface area contributed by atoms with E-state index >= 15 is 0 Å². The lowest BCUT2D eigenvalue weighted by Crippen LogP contribution is -2.30. The predicted octanol–water partition coefficient (Wildman–Crippen LogP) is 1.49. The van der Waals surface area contributed by atoms with Crippen molar-refractivity contribution in [3.8, 4) is 11.5 Å². The van der Waals surface area contributed by atoms with E-state index in [-0.39, 0.29) is 5.91 Å². The molecule has 20 heavy (non-hydrogen) atoms. The van der Waals surface area contributed by atoms with E-state index in [4.69, 9.17) is 9.47 Å². The number of nitrogens with zero attached hydrogens (tertiary/aromatic N) is 3. The van der Waals surface area contributed by atoms with Crippen molar-refractivity contribution in [2.24, 2.45) is 0 Å². The van der Waals surface area contributed by atoms with Gasteiger partial charge in [-0.1, -0.05) is 0 Å². The van der Waals surface area contributed by atoms with Crippen LogP contribution in [0.4, 0.5) is 0 Å². The van der Waals surface area contributed by atoms with E-state index in [0.717, 1.165) is 0 Å². The number of carbonyl (C=O) groups excluding carboxylic acids is 1. The molecule has 0 saturated heterocycles. The number of thiophene rings is 1. The first-order valence-electron chi connectivity index (χ1n) is 6.34. The van der Waals surface area contributed by atoms with Crippen molar-refractivity contribution in [1.82, 2.24) is 14.5 Å². The minimum absolute atomic E-state index is 0.0399. The highest BCUT2D eigenvalue weighted by Crippen LogP contribution is 2.39. The van der Waals surface area contributed by atoms with Crippen LogP contribution in [0.15, 0.2) is 24.1 Å². The Morgan fingerprint density at radius 3 is 3.15 bits per heavy atom. The fourth-order valence-corrected chi connectivity index (χ4v) is 2.89. The summed E-state index contributed by atoms with van der Waals surface area (Å²) in [5.41, 5.74) is 0. The number of amides is 1. The van der Waals surface area contributed by atoms with Crippen molar-refractivity contribution in [3.63, 3.8) is 0 Å². The summed E-state index contributed by atoms with van der Waals surface area (Å²) in [7, 11) is 1.79. The van der Waals surface area contributed by atoms with Crippen molar-refractivity contribution in [2.75, 3.05) is 26.8 Å². The summed E-state index contributed by atoms with van der Waals surface area (Å²) in [6.07, 6.45) is 5.34. The van der Waals surface area contributed by atoms with Crippen molar-refractivity contribution in [3.05, 3.63) is 29.0 Å². The SMILES string of the molecule is CN(CCn1ccnc1)C(=O)c1scc2c1OCCO2. The summed E-state index contributed by atoms with van der Waals surface area (Å²) in [5, 5.41) is 1.82. The second-order valence-corrected chi connectivity index (χ2v) is 5.36. The predicted molar refractivity (Wildman–Crippen MR) is 74.5 cm³/mol. The molecule has 0 spiro atoms. The van der Waals surface area contributed by atoms with Gasteiger partial charge in [-0.2, -0.15) is 0 Å². The number of hydrogen-bond donors (Lipinski definition) is 0. The molecule has 7 heteroatoms. The zero-order valence-electron chi connectivity index (χ0n) is 11.1. The number of fused-ring (bicyclic) bond motifs is 1. The maximum Gasteiger partial charge on any atom is 0.267 e. The van der Waals surface area contributed by atoms with Gasteiger partial charge in [0.25, 0.3) is 5.91 Å². The lowest BCUT2D eigenvalue weighted by molar-refractivity contribution is 0.0786. The molecule has 0 aliphatic carbocycles. The Kier molecular flexibility index (Phi) is 3.60. The molecule has 0 unspecified atom stereocenters. The van der Waals surface area contributed by atoms with Gasteiger partial charge in [-0.25, -0.2) is 4.98 Å².